The van der Waals surface area contributed by atoms with E-state index < -0.39 is 5.97 Å². The van der Waals surface area contributed by atoms with E-state index in [4.69, 9.17) is 28.3 Å². The molecule has 1 heterocycles. The number of fused-ring (bicyclic) bond motifs is 1. The van der Waals surface area contributed by atoms with Crippen molar-refractivity contribution in [1.29, 1.82) is 0 Å². The zero-order valence-corrected chi connectivity index (χ0v) is 8.23. The normalized spacial score (nSPS) is 10.7. The largest absolute Gasteiger partial charge is 0.478 e. The number of carbonyl (C=O) groups is 1. The van der Waals surface area contributed by atoms with Crippen molar-refractivity contribution in [2.45, 2.75) is 0 Å². The molecule has 0 atom stereocenters. The third kappa shape index (κ3) is 1.32. The summed E-state index contributed by atoms with van der Waals surface area (Å²) < 4.78 is 0. The maximum Gasteiger partial charge on any atom is 0.339 e. The molecule has 14 heavy (non-hydrogen) atoms. The molecular formula is C8H4Cl2N2O2. The fourth-order valence-corrected chi connectivity index (χ4v) is 1.64. The van der Waals surface area contributed by atoms with E-state index in [1.807, 2.05) is 0 Å². The number of carboxylic acid groups (broad SMARTS) is 1. The molecule has 0 saturated heterocycles. The number of benzene rings is 1. The highest BCUT2D eigenvalue weighted by atomic mass is 35.5. The van der Waals surface area contributed by atoms with Gasteiger partial charge in [-0.05, 0) is 23.7 Å². The van der Waals surface area contributed by atoms with E-state index in [1.165, 1.54) is 6.07 Å². The van der Waals surface area contributed by atoms with Crippen LogP contribution >= 0.6 is 23.2 Å². The second kappa shape index (κ2) is 3.15. The summed E-state index contributed by atoms with van der Waals surface area (Å²) in [5.41, 5.74) is 0.791. The Balaban J connectivity index is 2.88. The van der Waals surface area contributed by atoms with Crippen LogP contribution in [0.3, 0.4) is 0 Å². The number of aromatic amines is 1. The first-order valence-electron chi connectivity index (χ1n) is 3.66. The topological polar surface area (TPSA) is 66.0 Å². The van der Waals surface area contributed by atoms with Gasteiger partial charge < -0.3 is 10.1 Å². The molecule has 0 fully saturated rings. The molecule has 4 nitrogen and oxygen atoms in total. The number of H-pyrrole nitrogens is 1. The van der Waals surface area contributed by atoms with Gasteiger partial charge in [0.2, 0.25) is 5.28 Å². The summed E-state index contributed by atoms with van der Waals surface area (Å²) in [7, 11) is 0. The SMILES string of the molecule is O=C(O)c1c(Cl)ccc2[nH]c(Cl)nc12. The second-order valence-corrected chi connectivity index (χ2v) is 3.42. The zero-order valence-electron chi connectivity index (χ0n) is 6.71. The summed E-state index contributed by atoms with van der Waals surface area (Å²) in [4.78, 5) is 17.4. The maximum absolute atomic E-state index is 10.9. The van der Waals surface area contributed by atoms with Gasteiger partial charge in [-0.1, -0.05) is 11.6 Å². The Morgan fingerprint density at radius 1 is 1.43 bits per heavy atom. The first-order valence-corrected chi connectivity index (χ1v) is 4.42. The predicted molar refractivity (Wildman–Crippen MR) is 53.1 cm³/mol. The monoisotopic (exact) mass is 230 g/mol. The van der Waals surface area contributed by atoms with Gasteiger partial charge in [-0.2, -0.15) is 0 Å². The maximum atomic E-state index is 10.9. The van der Waals surface area contributed by atoms with Crippen LogP contribution in [-0.2, 0) is 0 Å². The number of rotatable bonds is 1. The van der Waals surface area contributed by atoms with E-state index in [0.29, 0.717) is 5.52 Å². The van der Waals surface area contributed by atoms with Crippen molar-refractivity contribution in [3.63, 3.8) is 0 Å². The number of aromatic nitrogens is 2. The van der Waals surface area contributed by atoms with Gasteiger partial charge in [0.05, 0.1) is 10.5 Å². The molecule has 0 amide bonds. The summed E-state index contributed by atoms with van der Waals surface area (Å²) in [5, 5.41) is 9.18. The Hall–Kier alpha value is -1.26. The van der Waals surface area contributed by atoms with Gasteiger partial charge >= 0.3 is 5.97 Å². The van der Waals surface area contributed by atoms with E-state index in [2.05, 4.69) is 9.97 Å². The Bertz CT molecular complexity index is 521. The van der Waals surface area contributed by atoms with Crippen LogP contribution in [0.5, 0.6) is 0 Å². The van der Waals surface area contributed by atoms with E-state index in [0.717, 1.165) is 0 Å². The molecular weight excluding hydrogens is 227 g/mol. The van der Waals surface area contributed by atoms with E-state index in [1.54, 1.807) is 6.07 Å². The van der Waals surface area contributed by atoms with Crippen LogP contribution in [0.25, 0.3) is 11.0 Å². The Labute approximate surface area is 88.5 Å². The molecule has 2 rings (SSSR count). The smallest absolute Gasteiger partial charge is 0.339 e. The van der Waals surface area contributed by atoms with E-state index in [-0.39, 0.29) is 21.4 Å². The lowest BCUT2D eigenvalue weighted by atomic mass is 10.2. The van der Waals surface area contributed by atoms with Gasteiger partial charge in [0.25, 0.3) is 0 Å². The van der Waals surface area contributed by atoms with Crippen molar-refractivity contribution in [3.8, 4) is 0 Å². The molecule has 0 aliphatic carbocycles. The fourth-order valence-electron chi connectivity index (χ4n) is 1.22. The third-order valence-corrected chi connectivity index (χ3v) is 2.28. The summed E-state index contributed by atoms with van der Waals surface area (Å²) in [6, 6.07) is 3.12. The Morgan fingerprint density at radius 2 is 2.14 bits per heavy atom. The number of aromatic carboxylic acids is 1. The summed E-state index contributed by atoms with van der Waals surface area (Å²) in [6.45, 7) is 0. The van der Waals surface area contributed by atoms with Gasteiger partial charge in [-0.25, -0.2) is 9.78 Å². The van der Waals surface area contributed by atoms with E-state index in [9.17, 15) is 4.79 Å². The van der Waals surface area contributed by atoms with Crippen LogP contribution < -0.4 is 0 Å². The Morgan fingerprint density at radius 3 is 2.79 bits per heavy atom. The minimum atomic E-state index is -1.12. The quantitative estimate of drug-likeness (QED) is 0.792. The lowest BCUT2D eigenvalue weighted by Crippen LogP contribution is -1.98. The highest BCUT2D eigenvalue weighted by Crippen LogP contribution is 2.25. The van der Waals surface area contributed by atoms with Gasteiger partial charge in [-0.3, -0.25) is 0 Å². The molecule has 1 aromatic carbocycles. The zero-order chi connectivity index (χ0) is 10.3. The molecule has 0 aliphatic heterocycles. The van der Waals surface area contributed by atoms with Crippen LogP contribution in [0.1, 0.15) is 10.4 Å². The van der Waals surface area contributed by atoms with Gasteiger partial charge in [0, 0.05) is 0 Å². The van der Waals surface area contributed by atoms with Crippen LogP contribution in [0.2, 0.25) is 10.3 Å². The number of halogens is 2. The van der Waals surface area contributed by atoms with Crippen LogP contribution in [-0.4, -0.2) is 21.0 Å². The molecule has 2 aromatic rings. The van der Waals surface area contributed by atoms with Crippen molar-refractivity contribution in [3.05, 3.63) is 28.0 Å². The van der Waals surface area contributed by atoms with E-state index >= 15 is 0 Å². The molecule has 6 heteroatoms. The molecule has 0 aliphatic rings. The van der Waals surface area contributed by atoms with Crippen LogP contribution in [0.4, 0.5) is 0 Å². The van der Waals surface area contributed by atoms with Crippen molar-refractivity contribution in [1.82, 2.24) is 9.97 Å². The highest BCUT2D eigenvalue weighted by molar-refractivity contribution is 6.35. The number of nitrogens with zero attached hydrogens (tertiary/aromatic N) is 1. The van der Waals surface area contributed by atoms with Crippen molar-refractivity contribution in [2.75, 3.05) is 0 Å². The number of imidazole rings is 1. The predicted octanol–water partition coefficient (Wildman–Crippen LogP) is 2.57. The average molecular weight is 231 g/mol. The second-order valence-electron chi connectivity index (χ2n) is 2.65. The molecule has 0 bridgehead atoms. The summed E-state index contributed by atoms with van der Waals surface area (Å²) in [6.07, 6.45) is 0. The molecule has 72 valence electrons. The minimum Gasteiger partial charge on any atom is -0.478 e. The number of carboxylic acids is 1. The summed E-state index contributed by atoms with van der Waals surface area (Å²) >= 11 is 11.3. The molecule has 2 N–H and O–H groups in total. The molecule has 0 unspecified atom stereocenters. The lowest BCUT2D eigenvalue weighted by Gasteiger charge is -1.98. The van der Waals surface area contributed by atoms with Crippen molar-refractivity contribution in [2.24, 2.45) is 0 Å². The third-order valence-electron chi connectivity index (χ3n) is 1.79. The standard InChI is InChI=1S/C8H4Cl2N2O2/c9-3-1-2-4-6(5(3)7(13)14)12-8(10)11-4/h1-2H,(H,11,12)(H,13,14). The Kier molecular flexibility index (Phi) is 2.09. The van der Waals surface area contributed by atoms with Crippen LogP contribution in [0, 0.1) is 0 Å². The lowest BCUT2D eigenvalue weighted by molar-refractivity contribution is 0.0699. The highest BCUT2D eigenvalue weighted by Gasteiger charge is 2.16. The van der Waals surface area contributed by atoms with Gasteiger partial charge in [0.15, 0.2) is 0 Å². The summed E-state index contributed by atoms with van der Waals surface area (Å²) in [5.74, 6) is -1.12. The molecule has 0 radical (unpaired) electrons. The minimum absolute atomic E-state index is 0.0349. The van der Waals surface area contributed by atoms with Crippen LogP contribution in [0.15, 0.2) is 12.1 Å². The number of hydrogen-bond acceptors (Lipinski definition) is 2. The van der Waals surface area contributed by atoms with Gasteiger partial charge in [-0.15, -0.1) is 0 Å². The molecule has 0 saturated carbocycles. The first-order chi connectivity index (χ1) is 6.59. The average Bonchev–Trinajstić information content (AvgIpc) is 2.43. The first kappa shape index (κ1) is 9.30. The number of hydrogen-bond donors (Lipinski definition) is 2. The fraction of sp³-hybridized carbons (Fsp3) is 0. The molecule has 0 spiro atoms. The molecule has 1 aromatic heterocycles. The van der Waals surface area contributed by atoms with Crippen molar-refractivity contribution < 1.29 is 9.90 Å². The van der Waals surface area contributed by atoms with Crippen molar-refractivity contribution >= 4 is 40.2 Å². The van der Waals surface area contributed by atoms with Gasteiger partial charge in [0.1, 0.15) is 11.1 Å². The number of nitrogens with one attached hydrogen (secondary N) is 1.